The lowest BCUT2D eigenvalue weighted by atomic mass is 9.76. The summed E-state index contributed by atoms with van der Waals surface area (Å²) < 4.78 is 0. The summed E-state index contributed by atoms with van der Waals surface area (Å²) in [5, 5.41) is 3.53. The Morgan fingerprint density at radius 2 is 1.61 bits per heavy atom. The molecule has 3 aliphatic heterocycles. The van der Waals surface area contributed by atoms with Gasteiger partial charge in [-0.1, -0.05) is 62.4 Å². The summed E-state index contributed by atoms with van der Waals surface area (Å²) in [5.74, 6) is -2.31. The zero-order valence-corrected chi connectivity index (χ0v) is 22.5. The number of hydrogen-bond donors (Lipinski definition) is 1. The number of hydrogen-bond acceptors (Lipinski definition) is 5. The van der Waals surface area contributed by atoms with Crippen LogP contribution in [0.25, 0.3) is 0 Å². The smallest absolute Gasteiger partial charge is 0.253 e. The molecule has 3 aliphatic rings. The normalized spacial score (nSPS) is 26.0. The van der Waals surface area contributed by atoms with Crippen LogP contribution in [0.15, 0.2) is 54.6 Å². The van der Waals surface area contributed by atoms with Gasteiger partial charge in [-0.15, -0.1) is 0 Å². The molecule has 1 N–H and O–H groups in total. The molecule has 0 aromatic heterocycles. The van der Waals surface area contributed by atoms with Gasteiger partial charge in [-0.3, -0.25) is 29.4 Å². The van der Waals surface area contributed by atoms with Crippen LogP contribution in [0.3, 0.4) is 0 Å². The van der Waals surface area contributed by atoms with Gasteiger partial charge >= 0.3 is 0 Å². The minimum atomic E-state index is -1.39. The van der Waals surface area contributed by atoms with Gasteiger partial charge in [0.05, 0.1) is 18.4 Å². The third kappa shape index (κ3) is 3.93. The van der Waals surface area contributed by atoms with Crippen LogP contribution in [0.1, 0.15) is 45.2 Å². The van der Waals surface area contributed by atoms with Crippen molar-refractivity contribution in [2.24, 2.45) is 17.8 Å². The lowest BCUT2D eigenvalue weighted by Gasteiger charge is -2.31. The molecule has 8 heteroatoms. The number of likely N-dealkylation sites (tertiary alicyclic amines) is 1. The molecule has 0 unspecified atom stereocenters. The Balaban J connectivity index is 1.58. The van der Waals surface area contributed by atoms with Gasteiger partial charge < -0.3 is 9.80 Å². The molecule has 200 valence electrons. The van der Waals surface area contributed by atoms with E-state index in [1.165, 1.54) is 9.80 Å². The van der Waals surface area contributed by atoms with E-state index in [1.807, 2.05) is 68.4 Å². The predicted molar refractivity (Wildman–Crippen MR) is 144 cm³/mol. The van der Waals surface area contributed by atoms with Crippen molar-refractivity contribution in [3.8, 4) is 0 Å². The quantitative estimate of drug-likeness (QED) is 0.545. The van der Waals surface area contributed by atoms with Crippen molar-refractivity contribution >= 4 is 29.3 Å². The summed E-state index contributed by atoms with van der Waals surface area (Å²) in [6.07, 6.45) is 0.648. The van der Waals surface area contributed by atoms with Gasteiger partial charge in [-0.05, 0) is 37.8 Å². The highest BCUT2D eigenvalue weighted by molar-refractivity contribution is 6.17. The van der Waals surface area contributed by atoms with E-state index in [0.717, 1.165) is 5.56 Å². The van der Waals surface area contributed by atoms with Crippen molar-refractivity contribution in [3.63, 3.8) is 0 Å². The van der Waals surface area contributed by atoms with Crippen LogP contribution in [0.2, 0.25) is 0 Å². The number of anilines is 1. The summed E-state index contributed by atoms with van der Waals surface area (Å²) in [6.45, 7) is 9.13. The number of para-hydroxylation sites is 1. The summed E-state index contributed by atoms with van der Waals surface area (Å²) in [5.41, 5.74) is 0.765. The number of benzene rings is 2. The monoisotopic (exact) mass is 516 g/mol. The van der Waals surface area contributed by atoms with Gasteiger partial charge in [0.15, 0.2) is 0 Å². The van der Waals surface area contributed by atoms with E-state index in [-0.39, 0.29) is 48.7 Å². The molecule has 2 aromatic carbocycles. The Labute approximate surface area is 224 Å². The molecule has 1 spiro atoms. The van der Waals surface area contributed by atoms with E-state index >= 15 is 0 Å². The zero-order chi connectivity index (χ0) is 27.2. The number of fused-ring (bicyclic) bond motifs is 4. The summed E-state index contributed by atoms with van der Waals surface area (Å²) >= 11 is 0. The maximum Gasteiger partial charge on any atom is 0.253 e. The highest BCUT2D eigenvalue weighted by atomic mass is 16.2. The van der Waals surface area contributed by atoms with Crippen molar-refractivity contribution in [2.75, 3.05) is 24.5 Å². The number of rotatable bonds is 8. The molecule has 2 aromatic rings. The Hall–Kier alpha value is -3.52. The molecule has 2 saturated heterocycles. The minimum Gasteiger partial charge on any atom is -0.342 e. The first-order valence-electron chi connectivity index (χ1n) is 13.6. The Bertz CT molecular complexity index is 1260. The SMILES string of the molecule is CCN(CC)C(=O)CN1C(=O)[C@@]2(N[C@@H](CC(C)C)[C@H]3C(=O)N(Cc4ccccc4)C(=O)[C@H]32)c2ccccc21. The maximum atomic E-state index is 14.4. The van der Waals surface area contributed by atoms with E-state index in [4.69, 9.17) is 0 Å². The highest BCUT2D eigenvalue weighted by Gasteiger charge is 2.71. The average molecular weight is 517 g/mol. The molecule has 5 rings (SSSR count). The fourth-order valence-electron chi connectivity index (χ4n) is 6.61. The molecule has 4 atom stereocenters. The summed E-state index contributed by atoms with van der Waals surface area (Å²) in [6, 6.07) is 16.5. The summed E-state index contributed by atoms with van der Waals surface area (Å²) in [7, 11) is 0. The fraction of sp³-hybridized carbons (Fsp3) is 0.467. The van der Waals surface area contributed by atoms with E-state index in [1.54, 1.807) is 4.90 Å². The van der Waals surface area contributed by atoms with E-state index < -0.39 is 17.4 Å². The molecule has 4 amide bonds. The predicted octanol–water partition coefficient (Wildman–Crippen LogP) is 2.92. The number of carbonyl (C=O) groups excluding carboxylic acids is 4. The largest absolute Gasteiger partial charge is 0.342 e. The number of imide groups is 1. The van der Waals surface area contributed by atoms with Crippen LogP contribution < -0.4 is 10.2 Å². The Morgan fingerprint density at radius 3 is 2.26 bits per heavy atom. The van der Waals surface area contributed by atoms with Crippen molar-refractivity contribution in [1.29, 1.82) is 0 Å². The van der Waals surface area contributed by atoms with Crippen LogP contribution in [0, 0.1) is 17.8 Å². The number of carbonyl (C=O) groups is 4. The Morgan fingerprint density at radius 1 is 0.947 bits per heavy atom. The van der Waals surface area contributed by atoms with E-state index in [0.29, 0.717) is 30.8 Å². The molecular weight excluding hydrogens is 480 g/mol. The summed E-state index contributed by atoms with van der Waals surface area (Å²) in [4.78, 5) is 60.0. The van der Waals surface area contributed by atoms with Crippen LogP contribution in [0.5, 0.6) is 0 Å². The van der Waals surface area contributed by atoms with Crippen LogP contribution in [0.4, 0.5) is 5.69 Å². The number of nitrogens with zero attached hydrogens (tertiary/aromatic N) is 3. The molecule has 38 heavy (non-hydrogen) atoms. The van der Waals surface area contributed by atoms with Crippen LogP contribution >= 0.6 is 0 Å². The lowest BCUT2D eigenvalue weighted by Crippen LogP contribution is -2.56. The van der Waals surface area contributed by atoms with Crippen LogP contribution in [-0.2, 0) is 31.3 Å². The second kappa shape index (κ2) is 9.98. The van der Waals surface area contributed by atoms with Gasteiger partial charge in [-0.25, -0.2) is 0 Å². The Kier molecular flexibility index (Phi) is 6.86. The topological polar surface area (TPSA) is 90.0 Å². The lowest BCUT2D eigenvalue weighted by molar-refractivity contribution is -0.143. The molecule has 3 heterocycles. The highest BCUT2D eigenvalue weighted by Crippen LogP contribution is 2.55. The van der Waals surface area contributed by atoms with Gasteiger partial charge in [0, 0.05) is 30.4 Å². The second-order valence-electron chi connectivity index (χ2n) is 10.9. The number of amides is 4. The second-order valence-corrected chi connectivity index (χ2v) is 10.9. The number of nitrogens with one attached hydrogen (secondary N) is 1. The van der Waals surface area contributed by atoms with Crippen molar-refractivity contribution in [3.05, 3.63) is 65.7 Å². The first-order chi connectivity index (χ1) is 18.2. The molecule has 0 saturated carbocycles. The third-order valence-electron chi connectivity index (χ3n) is 8.28. The fourth-order valence-corrected chi connectivity index (χ4v) is 6.61. The maximum absolute atomic E-state index is 14.4. The van der Waals surface area contributed by atoms with Gasteiger partial charge in [0.25, 0.3) is 5.91 Å². The van der Waals surface area contributed by atoms with Crippen molar-refractivity contribution in [2.45, 2.75) is 52.2 Å². The van der Waals surface area contributed by atoms with Crippen molar-refractivity contribution < 1.29 is 19.2 Å². The molecule has 8 nitrogen and oxygen atoms in total. The van der Waals surface area contributed by atoms with E-state index in [9.17, 15) is 19.2 Å². The zero-order valence-electron chi connectivity index (χ0n) is 22.5. The van der Waals surface area contributed by atoms with Crippen molar-refractivity contribution in [1.82, 2.24) is 15.1 Å². The van der Waals surface area contributed by atoms with Gasteiger partial charge in [0.1, 0.15) is 12.1 Å². The average Bonchev–Trinajstić information content (AvgIpc) is 3.45. The standard InChI is InChI=1S/C30H36N4O4/c1-5-32(6-2)24(35)18-33-23-15-11-10-14-21(23)30(29(33)38)26-25(22(31-30)16-19(3)4)27(36)34(28(26)37)17-20-12-8-7-9-13-20/h7-15,19,22,25-26,31H,5-6,16-18H2,1-4H3/t22-,25+,26-,30+/m0/s1. The van der Waals surface area contributed by atoms with E-state index in [2.05, 4.69) is 19.2 Å². The van der Waals surface area contributed by atoms with Gasteiger partial charge in [0.2, 0.25) is 17.7 Å². The number of likely N-dealkylation sites (N-methyl/N-ethyl adjacent to an activating group) is 1. The third-order valence-corrected chi connectivity index (χ3v) is 8.28. The molecule has 0 bridgehead atoms. The van der Waals surface area contributed by atoms with Crippen LogP contribution in [-0.4, -0.2) is 59.1 Å². The molecular formula is C30H36N4O4. The molecule has 0 aliphatic carbocycles. The van der Waals surface area contributed by atoms with Gasteiger partial charge in [-0.2, -0.15) is 0 Å². The minimum absolute atomic E-state index is 0.108. The first-order valence-corrected chi connectivity index (χ1v) is 13.6. The molecule has 2 fully saturated rings. The molecule has 0 radical (unpaired) electrons. The first kappa shape index (κ1) is 26.1.